The molecule has 0 radical (unpaired) electrons. The molecule has 0 saturated carbocycles. The van der Waals surface area contributed by atoms with Gasteiger partial charge in [-0.2, -0.15) is 0 Å². The van der Waals surface area contributed by atoms with Gasteiger partial charge in [0.05, 0.1) is 0 Å². The fraction of sp³-hybridized carbons (Fsp3) is 0.909. The zero-order chi connectivity index (χ0) is 11.3. The highest BCUT2D eigenvalue weighted by Gasteiger charge is 2.25. The van der Waals surface area contributed by atoms with Gasteiger partial charge in [-0.15, -0.1) is 0 Å². The molecule has 0 aromatic rings. The van der Waals surface area contributed by atoms with E-state index in [2.05, 4.69) is 27.5 Å². The number of nitrogens with zero attached hydrogens (tertiary/aromatic N) is 1. The van der Waals surface area contributed by atoms with Gasteiger partial charge >= 0.3 is 5.97 Å². The van der Waals surface area contributed by atoms with E-state index in [9.17, 15) is 4.79 Å². The zero-order valence-electron chi connectivity index (χ0n) is 9.59. The summed E-state index contributed by atoms with van der Waals surface area (Å²) in [6, 6.07) is 0. The molecule has 1 rings (SSSR count). The normalized spacial score (nSPS) is 18.9. The molecule has 88 valence electrons. The molecule has 15 heavy (non-hydrogen) atoms. The first-order chi connectivity index (χ1) is 7.00. The highest BCUT2D eigenvalue weighted by molar-refractivity contribution is 14.1. The van der Waals surface area contributed by atoms with E-state index in [1.54, 1.807) is 0 Å². The fourth-order valence-corrected chi connectivity index (χ4v) is 1.78. The summed E-state index contributed by atoms with van der Waals surface area (Å²) in [7, 11) is 0. The second-order valence-electron chi connectivity index (χ2n) is 4.51. The molecule has 0 N–H and O–H groups in total. The number of piperidine rings is 1. The Morgan fingerprint density at radius 3 is 2.47 bits per heavy atom. The van der Waals surface area contributed by atoms with E-state index in [-0.39, 0.29) is 5.97 Å². The lowest BCUT2D eigenvalue weighted by atomic mass is 10.1. The van der Waals surface area contributed by atoms with Gasteiger partial charge in [0.25, 0.3) is 0 Å². The second kappa shape index (κ2) is 6.03. The standard InChI is InChI=1S/C11H20INO2/c1-11(2,12)10(14)15-9-8-13-6-4-3-5-7-13/h3-9H2,1-2H3. The van der Waals surface area contributed by atoms with Crippen LogP contribution in [0.4, 0.5) is 0 Å². The van der Waals surface area contributed by atoms with E-state index in [1.807, 2.05) is 13.8 Å². The van der Waals surface area contributed by atoms with E-state index in [1.165, 1.54) is 19.3 Å². The second-order valence-corrected chi connectivity index (χ2v) is 7.21. The van der Waals surface area contributed by atoms with Gasteiger partial charge in [-0.1, -0.05) is 29.0 Å². The van der Waals surface area contributed by atoms with Gasteiger partial charge in [0.2, 0.25) is 0 Å². The molecule has 0 atom stereocenters. The van der Waals surface area contributed by atoms with Crippen molar-refractivity contribution in [1.29, 1.82) is 0 Å². The minimum Gasteiger partial charge on any atom is -0.463 e. The van der Waals surface area contributed by atoms with Gasteiger partial charge in [0.1, 0.15) is 10.0 Å². The van der Waals surface area contributed by atoms with E-state index < -0.39 is 3.42 Å². The summed E-state index contributed by atoms with van der Waals surface area (Å²) in [5, 5.41) is 0. The van der Waals surface area contributed by atoms with E-state index in [0.717, 1.165) is 19.6 Å². The molecule has 0 aromatic carbocycles. The third kappa shape index (κ3) is 5.15. The van der Waals surface area contributed by atoms with Crippen LogP contribution in [-0.2, 0) is 9.53 Å². The molecular formula is C11H20INO2. The van der Waals surface area contributed by atoms with Crippen LogP contribution in [0.2, 0.25) is 0 Å². The fourth-order valence-electron chi connectivity index (χ4n) is 1.62. The molecule has 1 saturated heterocycles. The average molecular weight is 325 g/mol. The minimum absolute atomic E-state index is 0.111. The van der Waals surface area contributed by atoms with Gasteiger partial charge < -0.3 is 4.74 Å². The predicted molar refractivity (Wildman–Crippen MR) is 69.3 cm³/mol. The lowest BCUT2D eigenvalue weighted by Crippen LogP contribution is -2.35. The lowest BCUT2D eigenvalue weighted by molar-refractivity contribution is -0.145. The molecule has 0 bridgehead atoms. The van der Waals surface area contributed by atoms with Crippen molar-refractivity contribution in [2.75, 3.05) is 26.2 Å². The Bertz CT molecular complexity index is 207. The SMILES string of the molecule is CC(C)(I)C(=O)OCCN1CCCCC1. The van der Waals surface area contributed by atoms with Crippen LogP contribution in [0.25, 0.3) is 0 Å². The number of esters is 1. The first-order valence-corrected chi connectivity index (χ1v) is 6.66. The number of likely N-dealkylation sites (tertiary alicyclic amines) is 1. The number of alkyl halides is 1. The van der Waals surface area contributed by atoms with Crippen molar-refractivity contribution in [2.45, 2.75) is 36.5 Å². The number of hydrogen-bond acceptors (Lipinski definition) is 3. The summed E-state index contributed by atoms with van der Waals surface area (Å²) < 4.78 is 4.82. The molecule has 1 fully saturated rings. The Balaban J connectivity index is 2.12. The van der Waals surface area contributed by atoms with Crippen LogP contribution in [0.3, 0.4) is 0 Å². The molecule has 0 spiro atoms. The third-order valence-electron chi connectivity index (χ3n) is 2.57. The highest BCUT2D eigenvalue weighted by atomic mass is 127. The van der Waals surface area contributed by atoms with Gasteiger partial charge in [0.15, 0.2) is 0 Å². The summed E-state index contributed by atoms with van der Waals surface area (Å²) in [6.45, 7) is 7.48. The Morgan fingerprint density at radius 2 is 1.93 bits per heavy atom. The number of carbonyl (C=O) groups is 1. The Hall–Kier alpha value is 0.160. The molecule has 4 heteroatoms. The summed E-state index contributed by atoms with van der Waals surface area (Å²) in [6.07, 6.45) is 3.91. The van der Waals surface area contributed by atoms with Crippen LogP contribution in [0.5, 0.6) is 0 Å². The number of rotatable bonds is 4. The van der Waals surface area contributed by atoms with Crippen molar-refractivity contribution >= 4 is 28.6 Å². The minimum atomic E-state index is -0.403. The molecule has 0 aliphatic carbocycles. The van der Waals surface area contributed by atoms with Crippen molar-refractivity contribution in [2.24, 2.45) is 0 Å². The summed E-state index contributed by atoms with van der Waals surface area (Å²) in [4.78, 5) is 13.8. The van der Waals surface area contributed by atoms with Gasteiger partial charge in [-0.25, -0.2) is 0 Å². The van der Waals surface area contributed by atoms with Crippen molar-refractivity contribution in [3.05, 3.63) is 0 Å². The molecule has 0 aromatic heterocycles. The monoisotopic (exact) mass is 325 g/mol. The van der Waals surface area contributed by atoms with Gasteiger partial charge in [-0.05, 0) is 39.8 Å². The Kier molecular flexibility index (Phi) is 5.32. The first kappa shape index (κ1) is 13.2. The van der Waals surface area contributed by atoms with E-state index in [0.29, 0.717) is 6.61 Å². The maximum atomic E-state index is 11.5. The smallest absolute Gasteiger partial charge is 0.321 e. The highest BCUT2D eigenvalue weighted by Crippen LogP contribution is 2.18. The van der Waals surface area contributed by atoms with Crippen molar-refractivity contribution in [3.8, 4) is 0 Å². The Labute approximate surface area is 106 Å². The van der Waals surface area contributed by atoms with Crippen molar-refractivity contribution < 1.29 is 9.53 Å². The average Bonchev–Trinajstić information content (AvgIpc) is 2.18. The van der Waals surface area contributed by atoms with E-state index >= 15 is 0 Å². The van der Waals surface area contributed by atoms with Crippen LogP contribution in [0, 0.1) is 0 Å². The predicted octanol–water partition coefficient (Wildman–Crippen LogP) is 2.23. The number of halogens is 1. The Morgan fingerprint density at radius 1 is 1.33 bits per heavy atom. The third-order valence-corrected chi connectivity index (χ3v) is 3.02. The van der Waals surface area contributed by atoms with Gasteiger partial charge in [-0.3, -0.25) is 9.69 Å². The quantitative estimate of drug-likeness (QED) is 0.451. The molecule has 3 nitrogen and oxygen atoms in total. The molecule has 0 unspecified atom stereocenters. The van der Waals surface area contributed by atoms with Crippen LogP contribution in [0.15, 0.2) is 0 Å². The van der Waals surface area contributed by atoms with Crippen molar-refractivity contribution in [1.82, 2.24) is 4.90 Å². The number of carbonyl (C=O) groups excluding carboxylic acids is 1. The lowest BCUT2D eigenvalue weighted by Gasteiger charge is -2.26. The van der Waals surface area contributed by atoms with Crippen LogP contribution >= 0.6 is 22.6 Å². The molecule has 0 amide bonds. The zero-order valence-corrected chi connectivity index (χ0v) is 11.7. The molecular weight excluding hydrogens is 305 g/mol. The summed E-state index contributed by atoms with van der Waals surface area (Å²) in [5.74, 6) is -0.111. The topological polar surface area (TPSA) is 29.5 Å². The molecule has 1 aliphatic rings. The summed E-state index contributed by atoms with van der Waals surface area (Å²) >= 11 is 2.11. The first-order valence-electron chi connectivity index (χ1n) is 5.58. The summed E-state index contributed by atoms with van der Waals surface area (Å²) in [5.41, 5.74) is 0. The van der Waals surface area contributed by atoms with Crippen molar-refractivity contribution in [3.63, 3.8) is 0 Å². The largest absolute Gasteiger partial charge is 0.463 e. The maximum Gasteiger partial charge on any atom is 0.321 e. The van der Waals surface area contributed by atoms with Crippen LogP contribution in [-0.4, -0.2) is 40.5 Å². The maximum absolute atomic E-state index is 11.5. The van der Waals surface area contributed by atoms with Crippen LogP contribution in [0.1, 0.15) is 33.1 Å². The van der Waals surface area contributed by atoms with Crippen LogP contribution < -0.4 is 0 Å². The number of hydrogen-bond donors (Lipinski definition) is 0. The van der Waals surface area contributed by atoms with E-state index in [4.69, 9.17) is 4.74 Å². The number of ether oxygens (including phenoxy) is 1. The molecule has 1 heterocycles. The van der Waals surface area contributed by atoms with Gasteiger partial charge in [0, 0.05) is 6.54 Å². The molecule has 1 aliphatic heterocycles.